The number of aromatic nitrogens is 10. The Hall–Kier alpha value is -9.28. The third-order valence-electron chi connectivity index (χ3n) is 13.1. The topological polar surface area (TPSA) is 239 Å². The second-order valence-corrected chi connectivity index (χ2v) is 25.5. The Bertz CT molecular complexity index is 4600. The summed E-state index contributed by atoms with van der Waals surface area (Å²) in [4.78, 5) is 48.6. The van der Waals surface area contributed by atoms with Crippen molar-refractivity contribution in [3.8, 4) is 0 Å². The molecule has 0 radical (unpaired) electrons. The van der Waals surface area contributed by atoms with Crippen molar-refractivity contribution in [3.05, 3.63) is 231 Å². The Kier molecular flexibility index (Phi) is 16.6. The second kappa shape index (κ2) is 25.5. The molecule has 0 amide bonds. The monoisotopic (exact) mass is 1230 g/mol. The SMILES string of the molecule is Nc1ccc(Sc2nc3cc4ccccc4cc3nc2Sc2ccc(N)cc2)cc1.Nc1cccc(Sc2nc3cc4ccccc4cc3nc2Sc2cccc(N)c2)c1.c1ccc2cc3nc(Sc4ncc[nH]4)c(Sc4ncc[nH]4)nc3cc2c1. The molecular formula is C66H48N14S6. The fourth-order valence-corrected chi connectivity index (χ4v) is 14.4. The first kappa shape index (κ1) is 55.9. The summed E-state index contributed by atoms with van der Waals surface area (Å²) in [5.41, 5.74) is 31.8. The zero-order valence-corrected chi connectivity index (χ0v) is 50.2. The predicted molar refractivity (Wildman–Crippen MR) is 356 cm³/mol. The first-order valence-corrected chi connectivity index (χ1v) is 31.6. The van der Waals surface area contributed by atoms with E-state index in [1.807, 2.05) is 133 Å². The van der Waals surface area contributed by atoms with Crippen LogP contribution in [0.3, 0.4) is 0 Å². The zero-order chi connectivity index (χ0) is 58.3. The Morgan fingerprint density at radius 3 is 0.802 bits per heavy atom. The molecule has 10 N–H and O–H groups in total. The lowest BCUT2D eigenvalue weighted by molar-refractivity contribution is 0.944. The third-order valence-corrected chi connectivity index (χ3v) is 19.2. The van der Waals surface area contributed by atoms with Gasteiger partial charge in [0.25, 0.3) is 0 Å². The van der Waals surface area contributed by atoms with E-state index in [0.717, 1.165) is 148 Å². The van der Waals surface area contributed by atoms with Gasteiger partial charge in [-0.1, -0.05) is 132 Å². The number of hydrogen-bond acceptors (Lipinski definition) is 18. The van der Waals surface area contributed by atoms with E-state index in [1.165, 1.54) is 23.5 Å². The van der Waals surface area contributed by atoms with Gasteiger partial charge in [-0.3, -0.25) is 0 Å². The van der Waals surface area contributed by atoms with Crippen molar-refractivity contribution in [3.63, 3.8) is 0 Å². The van der Waals surface area contributed by atoms with Crippen LogP contribution in [0.5, 0.6) is 0 Å². The molecule has 0 bridgehead atoms. The van der Waals surface area contributed by atoms with E-state index in [-0.39, 0.29) is 0 Å². The minimum atomic E-state index is 0.727. The largest absolute Gasteiger partial charge is 0.399 e. The normalized spacial score (nSPS) is 11.3. The zero-order valence-electron chi connectivity index (χ0n) is 45.3. The van der Waals surface area contributed by atoms with E-state index in [4.69, 9.17) is 52.8 Å². The number of H-pyrrole nitrogens is 2. The Balaban J connectivity index is 0.000000120. The van der Waals surface area contributed by atoms with Crippen LogP contribution in [0.1, 0.15) is 0 Å². The van der Waals surface area contributed by atoms with Gasteiger partial charge in [0.05, 0.1) is 33.1 Å². The smallest absolute Gasteiger partial charge is 0.171 e. The summed E-state index contributed by atoms with van der Waals surface area (Å²) in [6.07, 6.45) is 7.04. The minimum Gasteiger partial charge on any atom is -0.399 e. The number of nitrogen functional groups attached to an aromatic ring is 4. The van der Waals surface area contributed by atoms with Gasteiger partial charge < -0.3 is 32.9 Å². The van der Waals surface area contributed by atoms with Crippen molar-refractivity contribution in [2.45, 2.75) is 60.1 Å². The molecule has 5 aromatic heterocycles. The summed E-state index contributed by atoms with van der Waals surface area (Å²) in [6.45, 7) is 0. The van der Waals surface area contributed by atoms with Gasteiger partial charge in [0.2, 0.25) is 0 Å². The highest BCUT2D eigenvalue weighted by Crippen LogP contribution is 2.41. The molecule has 10 aromatic carbocycles. The Labute approximate surface area is 518 Å². The summed E-state index contributed by atoms with van der Waals surface area (Å²) in [5.74, 6) is 0. The van der Waals surface area contributed by atoms with Crippen LogP contribution in [0.15, 0.2) is 291 Å². The van der Waals surface area contributed by atoms with Crippen LogP contribution in [0, 0.1) is 0 Å². The summed E-state index contributed by atoms with van der Waals surface area (Å²) in [7, 11) is 0. The first-order valence-electron chi connectivity index (χ1n) is 26.7. The highest BCUT2D eigenvalue weighted by Gasteiger charge is 2.18. The lowest BCUT2D eigenvalue weighted by Gasteiger charge is -2.11. The van der Waals surface area contributed by atoms with Crippen molar-refractivity contribution in [2.24, 2.45) is 0 Å². The summed E-state index contributed by atoms with van der Waals surface area (Å²) in [6, 6.07) is 68.5. The molecule has 20 heteroatoms. The van der Waals surface area contributed by atoms with Gasteiger partial charge in [0.15, 0.2) is 10.3 Å². The van der Waals surface area contributed by atoms with Crippen LogP contribution in [-0.4, -0.2) is 49.8 Å². The Morgan fingerprint density at radius 2 is 0.535 bits per heavy atom. The van der Waals surface area contributed by atoms with E-state index >= 15 is 0 Å². The molecule has 15 aromatic rings. The molecule has 0 aliphatic rings. The maximum Gasteiger partial charge on any atom is 0.171 e. The number of nitrogens with two attached hydrogens (primary N) is 4. The van der Waals surface area contributed by atoms with Crippen LogP contribution in [0.2, 0.25) is 0 Å². The average molecular weight is 1230 g/mol. The molecule has 418 valence electrons. The summed E-state index contributed by atoms with van der Waals surface area (Å²) < 4.78 is 0. The first-order chi connectivity index (χ1) is 42.1. The lowest BCUT2D eigenvalue weighted by atomic mass is 10.1. The van der Waals surface area contributed by atoms with E-state index in [9.17, 15) is 0 Å². The van der Waals surface area contributed by atoms with E-state index in [2.05, 4.69) is 92.7 Å². The number of nitrogens with zero attached hydrogens (tertiary/aromatic N) is 8. The van der Waals surface area contributed by atoms with Crippen molar-refractivity contribution >= 4 is 159 Å². The molecule has 86 heavy (non-hydrogen) atoms. The molecule has 15 rings (SSSR count). The highest BCUT2D eigenvalue weighted by atomic mass is 32.2. The predicted octanol–water partition coefficient (Wildman–Crippen LogP) is 17.0. The molecule has 0 aliphatic carbocycles. The van der Waals surface area contributed by atoms with E-state index in [0.29, 0.717) is 0 Å². The van der Waals surface area contributed by atoms with Crippen LogP contribution in [-0.2, 0) is 0 Å². The van der Waals surface area contributed by atoms with Crippen molar-refractivity contribution in [1.82, 2.24) is 49.8 Å². The van der Waals surface area contributed by atoms with Crippen LogP contribution in [0.25, 0.3) is 65.4 Å². The highest BCUT2D eigenvalue weighted by molar-refractivity contribution is 8.03. The molecule has 5 heterocycles. The Morgan fingerprint density at radius 1 is 0.256 bits per heavy atom. The molecule has 0 saturated heterocycles. The number of fused-ring (bicyclic) bond motifs is 6. The van der Waals surface area contributed by atoms with Gasteiger partial charge in [-0.15, -0.1) is 0 Å². The van der Waals surface area contributed by atoms with Crippen LogP contribution >= 0.6 is 70.6 Å². The van der Waals surface area contributed by atoms with Gasteiger partial charge in [-0.05, 0) is 177 Å². The second-order valence-electron chi connectivity index (χ2n) is 19.3. The molecular weight excluding hydrogens is 1180 g/mol. The molecule has 0 atom stereocenters. The number of benzene rings is 10. The van der Waals surface area contributed by atoms with E-state index < -0.39 is 0 Å². The van der Waals surface area contributed by atoms with Crippen molar-refractivity contribution < 1.29 is 0 Å². The van der Waals surface area contributed by atoms with Gasteiger partial charge in [0.1, 0.15) is 30.2 Å². The third kappa shape index (κ3) is 13.5. The molecule has 0 fully saturated rings. The molecule has 0 unspecified atom stereocenters. The summed E-state index contributed by atoms with van der Waals surface area (Å²) in [5, 5.41) is 13.5. The number of rotatable bonds is 12. The molecule has 14 nitrogen and oxygen atoms in total. The summed E-state index contributed by atoms with van der Waals surface area (Å²) >= 11 is 9.23. The quantitative estimate of drug-likeness (QED) is 0.0492. The molecule has 0 spiro atoms. The number of anilines is 4. The van der Waals surface area contributed by atoms with Gasteiger partial charge in [-0.2, -0.15) is 0 Å². The van der Waals surface area contributed by atoms with Gasteiger partial charge in [0, 0.05) is 67.1 Å². The van der Waals surface area contributed by atoms with Crippen molar-refractivity contribution in [1.29, 1.82) is 0 Å². The van der Waals surface area contributed by atoms with E-state index in [1.54, 1.807) is 71.8 Å². The molecule has 0 saturated carbocycles. The van der Waals surface area contributed by atoms with Gasteiger partial charge in [-0.25, -0.2) is 39.9 Å². The maximum absolute atomic E-state index is 5.97. The van der Waals surface area contributed by atoms with Crippen LogP contribution in [0.4, 0.5) is 22.7 Å². The standard InChI is InChI=1S/2C24H18N4S2.C18H12N6S2/c25-17-7-3-9-19(13-17)29-23-24(30-20-10-4-8-18(26)14-20)28-22-12-16-6-2-1-5-15(16)11-21(22)27-23;25-17-5-9-19(10-6-17)29-23-24(30-20-11-7-18(26)8-12-20)28-22-14-16-4-2-1-3-15(16)13-21(22)27-23;1-2-4-12-10-14-13(9-11(12)3-1)23-15(25-17-19-5-6-20-17)16(24-14)26-18-21-7-8-22-18/h2*1-14H,25-26H2;1-10H,(H,19,20)(H,21,22). The average Bonchev–Trinajstić information content (AvgIpc) is 1.71. The number of hydrogen-bond donors (Lipinski definition) is 6. The maximum atomic E-state index is 5.97. The van der Waals surface area contributed by atoms with Crippen LogP contribution < -0.4 is 22.9 Å². The fraction of sp³-hybridized carbons (Fsp3) is 0. The minimum absolute atomic E-state index is 0.727. The number of nitrogens with one attached hydrogen (secondary N) is 2. The van der Waals surface area contributed by atoms with Crippen molar-refractivity contribution in [2.75, 3.05) is 22.9 Å². The number of aromatic amines is 2. The number of imidazole rings is 2. The molecule has 0 aliphatic heterocycles. The van der Waals surface area contributed by atoms with Gasteiger partial charge >= 0.3 is 0 Å². The lowest BCUT2D eigenvalue weighted by Crippen LogP contribution is -1.94. The fourth-order valence-electron chi connectivity index (χ4n) is 9.00.